The number of carboxylic acid groups (broad SMARTS) is 1. The molecule has 0 aliphatic heterocycles. The molecule has 1 aromatic rings. The second-order valence-electron chi connectivity index (χ2n) is 7.58. The first-order valence-electron chi connectivity index (χ1n) is 7.98. The number of aromatic nitrogens is 1. The lowest BCUT2D eigenvalue weighted by Crippen LogP contribution is -2.47. The number of urea groups is 1. The molecule has 0 fully saturated rings. The van der Waals surface area contributed by atoms with Crippen LogP contribution in [0.2, 0.25) is 0 Å². The highest BCUT2D eigenvalue weighted by atomic mass is 32.1. The van der Waals surface area contributed by atoms with Gasteiger partial charge in [-0.2, -0.15) is 0 Å². The van der Waals surface area contributed by atoms with Crippen LogP contribution in [-0.4, -0.2) is 39.3 Å². The first kappa shape index (κ1) is 18.7. The van der Waals surface area contributed by atoms with Gasteiger partial charge in [-0.15, -0.1) is 11.3 Å². The highest BCUT2D eigenvalue weighted by molar-refractivity contribution is 7.15. The van der Waals surface area contributed by atoms with Gasteiger partial charge >= 0.3 is 12.0 Å². The molecule has 4 N–H and O–H groups in total. The standard InChI is InChI=1S/C16H25N3O4S/c1-15(2,3)9-5-6-10-11(7-9)24-14(18-10)19-13(22)17-8-16(4,23)12(20)21/h9,23H,5-8H2,1-4H3,(H,20,21)(H2,17,18,19,22). The van der Waals surface area contributed by atoms with Gasteiger partial charge in [-0.05, 0) is 37.5 Å². The first-order chi connectivity index (χ1) is 11.0. The van der Waals surface area contributed by atoms with Crippen molar-refractivity contribution in [1.29, 1.82) is 0 Å². The third kappa shape index (κ3) is 4.45. The molecule has 0 aromatic carbocycles. The molecule has 1 heterocycles. The number of aliphatic carboxylic acids is 1. The molecule has 1 aliphatic rings. The van der Waals surface area contributed by atoms with Gasteiger partial charge in [0.2, 0.25) is 0 Å². The van der Waals surface area contributed by atoms with Crippen molar-refractivity contribution in [3.8, 4) is 0 Å². The van der Waals surface area contributed by atoms with Gasteiger partial charge in [0.1, 0.15) is 0 Å². The van der Waals surface area contributed by atoms with Crippen LogP contribution in [-0.2, 0) is 17.6 Å². The Labute approximate surface area is 145 Å². The van der Waals surface area contributed by atoms with Gasteiger partial charge in [0, 0.05) is 4.88 Å². The summed E-state index contributed by atoms with van der Waals surface area (Å²) in [5.41, 5.74) is -0.720. The Hall–Kier alpha value is -1.67. The monoisotopic (exact) mass is 355 g/mol. The topological polar surface area (TPSA) is 112 Å². The predicted octanol–water partition coefficient (Wildman–Crippen LogP) is 2.25. The fourth-order valence-electron chi connectivity index (χ4n) is 2.64. The highest BCUT2D eigenvalue weighted by Crippen LogP contribution is 2.39. The number of rotatable bonds is 4. The van der Waals surface area contributed by atoms with Crippen molar-refractivity contribution in [3.63, 3.8) is 0 Å². The number of fused-ring (bicyclic) bond motifs is 1. The molecule has 0 radical (unpaired) electrons. The third-order valence-electron chi connectivity index (χ3n) is 4.44. The Morgan fingerprint density at radius 3 is 2.58 bits per heavy atom. The van der Waals surface area contributed by atoms with Crippen LogP contribution in [0.3, 0.4) is 0 Å². The van der Waals surface area contributed by atoms with Gasteiger partial charge in [-0.25, -0.2) is 14.6 Å². The second kappa shape index (κ2) is 6.68. The smallest absolute Gasteiger partial charge is 0.337 e. The van der Waals surface area contributed by atoms with Crippen molar-refractivity contribution in [2.45, 2.75) is 52.6 Å². The number of aryl methyl sites for hydroxylation is 1. The second-order valence-corrected chi connectivity index (χ2v) is 8.66. The molecule has 0 bridgehead atoms. The van der Waals surface area contributed by atoms with E-state index in [-0.39, 0.29) is 12.0 Å². The lowest BCUT2D eigenvalue weighted by molar-refractivity contribution is -0.155. The molecule has 0 saturated heterocycles. The summed E-state index contributed by atoms with van der Waals surface area (Å²) in [7, 11) is 0. The molecule has 1 aliphatic carbocycles. The molecular weight excluding hydrogens is 330 g/mol. The molecule has 0 spiro atoms. The summed E-state index contributed by atoms with van der Waals surface area (Å²) in [5, 5.41) is 23.9. The van der Waals surface area contributed by atoms with E-state index in [2.05, 4.69) is 36.4 Å². The van der Waals surface area contributed by atoms with E-state index < -0.39 is 17.6 Å². The third-order valence-corrected chi connectivity index (χ3v) is 5.47. The van der Waals surface area contributed by atoms with Crippen LogP contribution in [0.4, 0.5) is 9.93 Å². The van der Waals surface area contributed by atoms with E-state index in [1.54, 1.807) is 0 Å². The minimum absolute atomic E-state index is 0.245. The zero-order valence-corrected chi connectivity index (χ0v) is 15.3. The zero-order chi connectivity index (χ0) is 18.1. The van der Waals surface area contributed by atoms with E-state index in [1.165, 1.54) is 16.2 Å². The van der Waals surface area contributed by atoms with Gasteiger partial charge in [0.05, 0.1) is 12.2 Å². The molecule has 24 heavy (non-hydrogen) atoms. The normalized spacial score (nSPS) is 20.0. The average molecular weight is 355 g/mol. The molecule has 1 aromatic heterocycles. The largest absolute Gasteiger partial charge is 0.479 e. The Morgan fingerprint density at radius 1 is 1.33 bits per heavy atom. The molecule has 2 unspecified atom stereocenters. The zero-order valence-electron chi connectivity index (χ0n) is 14.5. The van der Waals surface area contributed by atoms with Gasteiger partial charge in [-0.3, -0.25) is 5.32 Å². The maximum Gasteiger partial charge on any atom is 0.337 e. The number of aliphatic hydroxyl groups is 1. The minimum Gasteiger partial charge on any atom is -0.479 e. The number of nitrogens with one attached hydrogen (secondary N) is 2. The van der Waals surface area contributed by atoms with Gasteiger partial charge < -0.3 is 15.5 Å². The maximum atomic E-state index is 11.9. The van der Waals surface area contributed by atoms with E-state index >= 15 is 0 Å². The van der Waals surface area contributed by atoms with Crippen LogP contribution in [0.5, 0.6) is 0 Å². The first-order valence-corrected chi connectivity index (χ1v) is 8.80. The van der Waals surface area contributed by atoms with Crippen LogP contribution >= 0.6 is 11.3 Å². The molecule has 2 rings (SSSR count). The predicted molar refractivity (Wildman–Crippen MR) is 92.4 cm³/mol. The van der Waals surface area contributed by atoms with E-state index in [9.17, 15) is 14.7 Å². The number of amides is 2. The summed E-state index contributed by atoms with van der Waals surface area (Å²) in [6.07, 6.45) is 2.96. The number of hydrogen-bond donors (Lipinski definition) is 4. The number of anilines is 1. The van der Waals surface area contributed by atoms with Crippen LogP contribution in [0.1, 0.15) is 44.7 Å². The van der Waals surface area contributed by atoms with Crippen molar-refractivity contribution in [2.75, 3.05) is 11.9 Å². The van der Waals surface area contributed by atoms with Gasteiger partial charge in [-0.1, -0.05) is 20.8 Å². The molecule has 2 amide bonds. The molecule has 7 nitrogen and oxygen atoms in total. The number of thiazole rings is 1. The molecular formula is C16H25N3O4S. The van der Waals surface area contributed by atoms with E-state index in [1.807, 2.05) is 0 Å². The molecule has 2 atom stereocenters. The number of nitrogens with zero attached hydrogens (tertiary/aromatic N) is 1. The number of hydrogen-bond acceptors (Lipinski definition) is 5. The molecule has 0 saturated carbocycles. The Kier molecular flexibility index (Phi) is 5.19. The Balaban J connectivity index is 1.95. The van der Waals surface area contributed by atoms with Crippen LogP contribution in [0, 0.1) is 11.3 Å². The van der Waals surface area contributed by atoms with Crippen molar-refractivity contribution < 1.29 is 19.8 Å². The Bertz CT molecular complexity index is 634. The Morgan fingerprint density at radius 2 is 2.00 bits per heavy atom. The van der Waals surface area contributed by atoms with Crippen molar-refractivity contribution in [1.82, 2.24) is 10.3 Å². The van der Waals surface area contributed by atoms with Gasteiger partial charge in [0.25, 0.3) is 0 Å². The van der Waals surface area contributed by atoms with Crippen LogP contribution in [0.15, 0.2) is 0 Å². The van der Waals surface area contributed by atoms with Crippen LogP contribution < -0.4 is 10.6 Å². The number of carboxylic acids is 1. The lowest BCUT2D eigenvalue weighted by atomic mass is 9.73. The summed E-state index contributed by atoms with van der Waals surface area (Å²) in [4.78, 5) is 28.3. The summed E-state index contributed by atoms with van der Waals surface area (Å²) in [6, 6.07) is -0.574. The maximum absolute atomic E-state index is 11.9. The lowest BCUT2D eigenvalue weighted by Gasteiger charge is -2.33. The summed E-state index contributed by atoms with van der Waals surface area (Å²) in [6.45, 7) is 7.47. The van der Waals surface area contributed by atoms with Crippen molar-refractivity contribution in [3.05, 3.63) is 10.6 Å². The van der Waals surface area contributed by atoms with Crippen LogP contribution in [0.25, 0.3) is 0 Å². The van der Waals surface area contributed by atoms with E-state index in [0.29, 0.717) is 11.0 Å². The fourth-order valence-corrected chi connectivity index (χ4v) is 3.72. The fraction of sp³-hybridized carbons (Fsp3) is 0.688. The number of carbonyl (C=O) groups excluding carboxylic acids is 1. The van der Waals surface area contributed by atoms with Gasteiger partial charge in [0.15, 0.2) is 10.7 Å². The van der Waals surface area contributed by atoms with E-state index in [4.69, 9.17) is 5.11 Å². The summed E-state index contributed by atoms with van der Waals surface area (Å²) >= 11 is 1.46. The quantitative estimate of drug-likeness (QED) is 0.662. The SMILES string of the molecule is CC(O)(CNC(=O)Nc1nc2c(s1)CC(C(C)(C)C)CC2)C(=O)O. The van der Waals surface area contributed by atoms with E-state index in [0.717, 1.165) is 31.9 Å². The van der Waals surface area contributed by atoms with Crippen molar-refractivity contribution >= 4 is 28.5 Å². The molecule has 8 heteroatoms. The van der Waals surface area contributed by atoms with Crippen molar-refractivity contribution in [2.24, 2.45) is 11.3 Å². The summed E-state index contributed by atoms with van der Waals surface area (Å²) < 4.78 is 0. The average Bonchev–Trinajstić information content (AvgIpc) is 2.85. The highest BCUT2D eigenvalue weighted by Gasteiger charge is 2.32. The molecule has 134 valence electrons. The number of carbonyl (C=O) groups is 2. The minimum atomic E-state index is -2.00. The summed E-state index contributed by atoms with van der Waals surface area (Å²) in [5.74, 6) is -0.793.